The number of rotatable bonds is 4. The van der Waals surface area contributed by atoms with Crippen LogP contribution in [-0.4, -0.2) is 77.5 Å². The summed E-state index contributed by atoms with van der Waals surface area (Å²) < 4.78 is 13.2. The average molecular weight is 362 g/mol. The molecule has 26 heavy (non-hydrogen) atoms. The van der Waals surface area contributed by atoms with E-state index in [1.54, 1.807) is 0 Å². The summed E-state index contributed by atoms with van der Waals surface area (Å²) in [5, 5.41) is 4.68. The zero-order valence-electron chi connectivity index (χ0n) is 16.1. The standard InChI is InChI=1S/C19H30N4O3/c1-4-23-18(16-9-13(2)26-14(3)17(16)20-23)19(24)22-11-15(12-22)10-21-5-7-25-8-6-21/h13-15H,4-12H2,1-3H3/t13-,14+/m0/s1. The summed E-state index contributed by atoms with van der Waals surface area (Å²) >= 11 is 0. The van der Waals surface area contributed by atoms with Gasteiger partial charge in [0.15, 0.2) is 0 Å². The van der Waals surface area contributed by atoms with Crippen LogP contribution in [0.25, 0.3) is 0 Å². The van der Waals surface area contributed by atoms with Crippen LogP contribution in [0.4, 0.5) is 0 Å². The van der Waals surface area contributed by atoms with Crippen molar-refractivity contribution in [3.05, 3.63) is 17.0 Å². The van der Waals surface area contributed by atoms with Crippen LogP contribution in [0.2, 0.25) is 0 Å². The lowest BCUT2D eigenvalue weighted by Gasteiger charge is -2.42. The molecule has 1 amide bonds. The summed E-state index contributed by atoms with van der Waals surface area (Å²) in [5.74, 6) is 0.715. The molecule has 3 aliphatic rings. The first kappa shape index (κ1) is 17.9. The van der Waals surface area contributed by atoms with Gasteiger partial charge in [-0.3, -0.25) is 14.4 Å². The molecular weight excluding hydrogens is 332 g/mol. The Balaban J connectivity index is 1.44. The molecule has 0 spiro atoms. The highest BCUT2D eigenvalue weighted by Crippen LogP contribution is 2.33. The zero-order chi connectivity index (χ0) is 18.3. The second-order valence-corrected chi connectivity index (χ2v) is 7.81. The first-order valence-corrected chi connectivity index (χ1v) is 9.91. The molecule has 0 radical (unpaired) electrons. The number of morpholine rings is 1. The van der Waals surface area contributed by atoms with Gasteiger partial charge in [0.2, 0.25) is 0 Å². The number of carbonyl (C=O) groups is 1. The Morgan fingerprint density at radius 1 is 1.23 bits per heavy atom. The monoisotopic (exact) mass is 362 g/mol. The molecule has 0 saturated carbocycles. The fraction of sp³-hybridized carbons (Fsp3) is 0.789. The van der Waals surface area contributed by atoms with Crippen molar-refractivity contribution in [1.82, 2.24) is 19.6 Å². The smallest absolute Gasteiger partial charge is 0.272 e. The van der Waals surface area contributed by atoms with Crippen molar-refractivity contribution >= 4 is 5.91 Å². The zero-order valence-corrected chi connectivity index (χ0v) is 16.1. The van der Waals surface area contributed by atoms with Crippen molar-refractivity contribution in [1.29, 1.82) is 0 Å². The Hall–Kier alpha value is -1.44. The topological polar surface area (TPSA) is 59.8 Å². The van der Waals surface area contributed by atoms with E-state index >= 15 is 0 Å². The number of aryl methyl sites for hydroxylation is 1. The van der Waals surface area contributed by atoms with Crippen LogP contribution in [0.15, 0.2) is 0 Å². The highest BCUT2D eigenvalue weighted by molar-refractivity contribution is 5.95. The summed E-state index contributed by atoms with van der Waals surface area (Å²) in [6.45, 7) is 13.3. The molecule has 4 heterocycles. The summed E-state index contributed by atoms with van der Waals surface area (Å²) in [5.41, 5.74) is 2.83. The van der Waals surface area contributed by atoms with E-state index in [9.17, 15) is 4.79 Å². The molecule has 7 heteroatoms. The first-order chi connectivity index (χ1) is 12.6. The van der Waals surface area contributed by atoms with Crippen LogP contribution in [0.5, 0.6) is 0 Å². The van der Waals surface area contributed by atoms with E-state index in [4.69, 9.17) is 9.47 Å². The number of aromatic nitrogens is 2. The number of fused-ring (bicyclic) bond motifs is 1. The highest BCUT2D eigenvalue weighted by Gasteiger charge is 2.38. The summed E-state index contributed by atoms with van der Waals surface area (Å²) in [6, 6.07) is 0. The van der Waals surface area contributed by atoms with Gasteiger partial charge in [-0.2, -0.15) is 5.10 Å². The second-order valence-electron chi connectivity index (χ2n) is 7.81. The number of amides is 1. The Morgan fingerprint density at radius 3 is 2.65 bits per heavy atom. The van der Waals surface area contributed by atoms with Crippen LogP contribution in [0, 0.1) is 5.92 Å². The van der Waals surface area contributed by atoms with Gasteiger partial charge in [0.05, 0.1) is 31.1 Å². The Labute approximate surface area is 155 Å². The quantitative estimate of drug-likeness (QED) is 0.809. The minimum Gasteiger partial charge on any atom is -0.379 e. The van der Waals surface area contributed by atoms with Crippen molar-refractivity contribution in [3.8, 4) is 0 Å². The van der Waals surface area contributed by atoms with Crippen LogP contribution >= 0.6 is 0 Å². The third kappa shape index (κ3) is 3.28. The molecule has 0 unspecified atom stereocenters. The first-order valence-electron chi connectivity index (χ1n) is 9.91. The van der Waals surface area contributed by atoms with Gasteiger partial charge in [0.25, 0.3) is 5.91 Å². The van der Waals surface area contributed by atoms with E-state index in [1.807, 2.05) is 23.4 Å². The minimum absolute atomic E-state index is 0.0430. The van der Waals surface area contributed by atoms with E-state index in [0.29, 0.717) is 12.5 Å². The molecule has 4 rings (SSSR count). The lowest BCUT2D eigenvalue weighted by atomic mass is 9.95. The molecule has 0 bridgehead atoms. The Kier molecular flexibility index (Phi) is 5.03. The van der Waals surface area contributed by atoms with Gasteiger partial charge in [-0.25, -0.2) is 0 Å². The number of hydrogen-bond donors (Lipinski definition) is 0. The number of ether oxygens (including phenoxy) is 2. The minimum atomic E-state index is -0.0430. The van der Waals surface area contributed by atoms with E-state index in [0.717, 1.165) is 69.3 Å². The van der Waals surface area contributed by atoms with Crippen LogP contribution in [0.1, 0.15) is 48.6 Å². The number of nitrogens with zero attached hydrogens (tertiary/aromatic N) is 4. The van der Waals surface area contributed by atoms with Crippen molar-refractivity contribution in [2.24, 2.45) is 5.92 Å². The molecule has 2 saturated heterocycles. The van der Waals surface area contributed by atoms with Gasteiger partial charge in [-0.15, -0.1) is 0 Å². The molecule has 0 aliphatic carbocycles. The number of carbonyl (C=O) groups excluding carboxylic acids is 1. The maximum atomic E-state index is 13.2. The fourth-order valence-electron chi connectivity index (χ4n) is 4.41. The summed E-state index contributed by atoms with van der Waals surface area (Å²) in [6.07, 6.45) is 0.855. The maximum Gasteiger partial charge on any atom is 0.272 e. The molecule has 0 N–H and O–H groups in total. The highest BCUT2D eigenvalue weighted by atomic mass is 16.5. The molecular formula is C19H30N4O3. The molecule has 7 nitrogen and oxygen atoms in total. The molecule has 2 atom stereocenters. The van der Waals surface area contributed by atoms with Gasteiger partial charge in [-0.05, 0) is 20.8 Å². The van der Waals surface area contributed by atoms with Crippen LogP contribution < -0.4 is 0 Å². The molecule has 0 aromatic carbocycles. The lowest BCUT2D eigenvalue weighted by molar-refractivity contribution is -0.00737. The van der Waals surface area contributed by atoms with Gasteiger partial charge in [0.1, 0.15) is 5.69 Å². The predicted molar refractivity (Wildman–Crippen MR) is 97.2 cm³/mol. The van der Waals surface area contributed by atoms with Gasteiger partial charge >= 0.3 is 0 Å². The number of likely N-dealkylation sites (tertiary alicyclic amines) is 1. The van der Waals surface area contributed by atoms with Crippen molar-refractivity contribution in [2.45, 2.75) is 45.9 Å². The van der Waals surface area contributed by atoms with Crippen molar-refractivity contribution in [3.63, 3.8) is 0 Å². The van der Waals surface area contributed by atoms with E-state index < -0.39 is 0 Å². The predicted octanol–water partition coefficient (Wildman–Crippen LogP) is 1.33. The Morgan fingerprint density at radius 2 is 1.96 bits per heavy atom. The van der Waals surface area contributed by atoms with Crippen LogP contribution in [-0.2, 0) is 22.4 Å². The van der Waals surface area contributed by atoms with Crippen molar-refractivity contribution < 1.29 is 14.3 Å². The van der Waals surface area contributed by atoms with Gasteiger partial charge < -0.3 is 14.4 Å². The normalized spacial score (nSPS) is 27.3. The molecule has 2 fully saturated rings. The molecule has 3 aliphatic heterocycles. The Bertz CT molecular complexity index is 662. The maximum absolute atomic E-state index is 13.2. The number of hydrogen-bond acceptors (Lipinski definition) is 5. The third-order valence-corrected chi connectivity index (χ3v) is 5.76. The summed E-state index contributed by atoms with van der Waals surface area (Å²) in [7, 11) is 0. The fourth-order valence-corrected chi connectivity index (χ4v) is 4.41. The average Bonchev–Trinajstić information content (AvgIpc) is 2.97. The lowest BCUT2D eigenvalue weighted by Crippen LogP contribution is -2.55. The van der Waals surface area contributed by atoms with Gasteiger partial charge in [0, 0.05) is 57.2 Å². The molecule has 1 aromatic heterocycles. The molecule has 144 valence electrons. The van der Waals surface area contributed by atoms with E-state index in [2.05, 4.69) is 16.9 Å². The van der Waals surface area contributed by atoms with Crippen LogP contribution in [0.3, 0.4) is 0 Å². The van der Waals surface area contributed by atoms with Crippen molar-refractivity contribution in [2.75, 3.05) is 45.9 Å². The third-order valence-electron chi connectivity index (χ3n) is 5.76. The van der Waals surface area contributed by atoms with E-state index in [-0.39, 0.29) is 18.1 Å². The second kappa shape index (κ2) is 7.29. The SMILES string of the molecule is CCn1nc2c(c1C(=O)N1CC(CN3CCOCC3)C1)C[C@H](C)O[C@@H]2C. The van der Waals surface area contributed by atoms with E-state index in [1.165, 1.54) is 0 Å². The van der Waals surface area contributed by atoms with Gasteiger partial charge in [-0.1, -0.05) is 0 Å². The molecule has 1 aromatic rings. The summed E-state index contributed by atoms with van der Waals surface area (Å²) in [4.78, 5) is 17.6. The largest absolute Gasteiger partial charge is 0.379 e.